The molecule has 0 amide bonds. The van der Waals surface area contributed by atoms with Crippen LogP contribution in [0.4, 0.5) is 0 Å². The van der Waals surface area contributed by atoms with Crippen LogP contribution in [0.25, 0.3) is 11.0 Å². The van der Waals surface area contributed by atoms with Gasteiger partial charge in [-0.3, -0.25) is 0 Å². The Morgan fingerprint density at radius 3 is 2.62 bits per heavy atom. The van der Waals surface area contributed by atoms with E-state index in [9.17, 15) is 4.79 Å². The molecule has 0 N–H and O–H groups in total. The Morgan fingerprint density at radius 2 is 1.88 bits per heavy atom. The molecule has 3 rings (SSSR count). The topological polar surface area (TPSA) is 57.9 Å². The average molecular weight is 419 g/mol. The number of carbonyl (C=O) groups is 1. The van der Waals surface area contributed by atoms with Crippen molar-refractivity contribution in [1.29, 1.82) is 0 Å². The Hall–Kier alpha value is -2.31. The second-order valence-electron chi connectivity index (χ2n) is 5.74. The number of fused-ring (bicyclic) bond motifs is 1. The molecule has 0 fully saturated rings. The third-order valence-corrected chi connectivity index (χ3v) is 4.41. The van der Waals surface area contributed by atoms with E-state index < -0.39 is 5.97 Å². The van der Waals surface area contributed by atoms with Gasteiger partial charge in [-0.1, -0.05) is 28.1 Å². The summed E-state index contributed by atoms with van der Waals surface area (Å²) >= 11 is 3.41. The van der Waals surface area contributed by atoms with Gasteiger partial charge in [0.2, 0.25) is 0 Å². The minimum Gasteiger partial charge on any atom is -0.489 e. The van der Waals surface area contributed by atoms with Crippen LogP contribution >= 0.6 is 15.9 Å². The molecule has 0 aliphatic rings. The van der Waals surface area contributed by atoms with Gasteiger partial charge in [0.05, 0.1) is 6.61 Å². The number of hydrogen-bond donors (Lipinski definition) is 0. The van der Waals surface area contributed by atoms with Gasteiger partial charge < -0.3 is 18.6 Å². The molecule has 5 nitrogen and oxygen atoms in total. The van der Waals surface area contributed by atoms with Gasteiger partial charge in [0.1, 0.15) is 35.9 Å². The van der Waals surface area contributed by atoms with E-state index in [1.807, 2.05) is 30.3 Å². The van der Waals surface area contributed by atoms with E-state index in [2.05, 4.69) is 15.9 Å². The van der Waals surface area contributed by atoms with Crippen molar-refractivity contribution in [3.63, 3.8) is 0 Å². The zero-order valence-corrected chi connectivity index (χ0v) is 16.2. The molecule has 2 aromatic carbocycles. The highest BCUT2D eigenvalue weighted by Crippen LogP contribution is 2.30. The monoisotopic (exact) mass is 418 g/mol. The number of rotatable bonds is 7. The van der Waals surface area contributed by atoms with Crippen LogP contribution in [-0.2, 0) is 16.1 Å². The van der Waals surface area contributed by atoms with Crippen molar-refractivity contribution in [3.05, 3.63) is 63.8 Å². The highest BCUT2D eigenvalue weighted by Gasteiger charge is 2.20. The number of aryl methyl sites for hydroxylation is 1. The smallest absolute Gasteiger partial charge is 0.342 e. The molecule has 3 aromatic rings. The first kappa shape index (κ1) is 18.5. The van der Waals surface area contributed by atoms with Gasteiger partial charge in [-0.05, 0) is 42.8 Å². The molecule has 26 heavy (non-hydrogen) atoms. The molecule has 6 heteroatoms. The number of benzene rings is 2. The maximum Gasteiger partial charge on any atom is 0.342 e. The number of furan rings is 1. The van der Waals surface area contributed by atoms with Crippen LogP contribution in [0.2, 0.25) is 0 Å². The Morgan fingerprint density at radius 1 is 1.12 bits per heavy atom. The molecule has 0 aliphatic heterocycles. The molecule has 0 unspecified atom stereocenters. The lowest BCUT2D eigenvalue weighted by Crippen LogP contribution is -2.10. The van der Waals surface area contributed by atoms with E-state index >= 15 is 0 Å². The van der Waals surface area contributed by atoms with Gasteiger partial charge >= 0.3 is 5.97 Å². The van der Waals surface area contributed by atoms with Crippen molar-refractivity contribution in [2.45, 2.75) is 13.5 Å². The quantitative estimate of drug-likeness (QED) is 0.403. The summed E-state index contributed by atoms with van der Waals surface area (Å²) < 4.78 is 22.7. The standard InChI is InChI=1S/C20H19BrO5/c1-13-19(20(22)24-10-9-23-2)17-11-16(7-8-18(17)26-13)25-12-14-3-5-15(21)6-4-14/h3-8,11H,9-10,12H2,1-2H3. The fourth-order valence-corrected chi connectivity index (χ4v) is 2.84. The minimum absolute atomic E-state index is 0.196. The van der Waals surface area contributed by atoms with E-state index in [0.29, 0.717) is 41.3 Å². The summed E-state index contributed by atoms with van der Waals surface area (Å²) in [5.41, 5.74) is 2.10. The molecule has 1 aromatic heterocycles. The van der Waals surface area contributed by atoms with E-state index in [1.54, 1.807) is 26.2 Å². The summed E-state index contributed by atoms with van der Waals surface area (Å²) in [6.45, 7) is 2.72. The van der Waals surface area contributed by atoms with E-state index in [1.165, 1.54) is 0 Å². The second kappa shape index (κ2) is 8.38. The number of ether oxygens (including phenoxy) is 3. The molecule has 1 heterocycles. The number of methoxy groups -OCH3 is 1. The first-order valence-corrected chi connectivity index (χ1v) is 8.94. The fraction of sp³-hybridized carbons (Fsp3) is 0.250. The molecule has 0 saturated carbocycles. The SMILES string of the molecule is COCCOC(=O)c1c(C)oc2ccc(OCc3ccc(Br)cc3)cc12. The maximum atomic E-state index is 12.4. The number of carbonyl (C=O) groups excluding carboxylic acids is 1. The zero-order chi connectivity index (χ0) is 18.5. The first-order chi connectivity index (χ1) is 12.6. The van der Waals surface area contributed by atoms with Gasteiger partial charge in [0.25, 0.3) is 0 Å². The van der Waals surface area contributed by atoms with Crippen molar-refractivity contribution in [2.24, 2.45) is 0 Å². The Bertz CT molecular complexity index is 898. The Balaban J connectivity index is 1.79. The van der Waals surface area contributed by atoms with Crippen molar-refractivity contribution < 1.29 is 23.4 Å². The van der Waals surface area contributed by atoms with Crippen LogP contribution in [0.1, 0.15) is 21.7 Å². The zero-order valence-electron chi connectivity index (χ0n) is 14.6. The highest BCUT2D eigenvalue weighted by atomic mass is 79.9. The van der Waals surface area contributed by atoms with Gasteiger partial charge in [-0.25, -0.2) is 4.79 Å². The molecule has 0 radical (unpaired) electrons. The van der Waals surface area contributed by atoms with E-state index in [4.69, 9.17) is 18.6 Å². The molecule has 136 valence electrons. The van der Waals surface area contributed by atoms with Gasteiger partial charge in [0, 0.05) is 17.0 Å². The predicted molar refractivity (Wildman–Crippen MR) is 102 cm³/mol. The summed E-state index contributed by atoms with van der Waals surface area (Å²) in [6.07, 6.45) is 0. The third-order valence-electron chi connectivity index (χ3n) is 3.88. The summed E-state index contributed by atoms with van der Waals surface area (Å²) in [6, 6.07) is 13.3. The van der Waals surface area contributed by atoms with Gasteiger partial charge in [-0.2, -0.15) is 0 Å². The third kappa shape index (κ3) is 4.26. The lowest BCUT2D eigenvalue weighted by atomic mass is 10.1. The number of hydrogen-bond acceptors (Lipinski definition) is 5. The lowest BCUT2D eigenvalue weighted by Gasteiger charge is -2.07. The first-order valence-electron chi connectivity index (χ1n) is 8.15. The van der Waals surface area contributed by atoms with Crippen molar-refractivity contribution in [2.75, 3.05) is 20.3 Å². The molecular weight excluding hydrogens is 400 g/mol. The largest absolute Gasteiger partial charge is 0.489 e. The Kier molecular flexibility index (Phi) is 5.96. The normalized spacial score (nSPS) is 10.9. The molecule has 0 saturated heterocycles. The van der Waals surface area contributed by atoms with Crippen LogP contribution in [0, 0.1) is 6.92 Å². The van der Waals surface area contributed by atoms with Crippen molar-refractivity contribution in [1.82, 2.24) is 0 Å². The average Bonchev–Trinajstić information content (AvgIpc) is 2.96. The highest BCUT2D eigenvalue weighted by molar-refractivity contribution is 9.10. The fourth-order valence-electron chi connectivity index (χ4n) is 2.58. The van der Waals surface area contributed by atoms with Crippen LogP contribution in [0.3, 0.4) is 0 Å². The lowest BCUT2D eigenvalue weighted by molar-refractivity contribution is 0.0388. The van der Waals surface area contributed by atoms with Crippen molar-refractivity contribution >= 4 is 32.9 Å². The van der Waals surface area contributed by atoms with Crippen molar-refractivity contribution in [3.8, 4) is 5.75 Å². The second-order valence-corrected chi connectivity index (χ2v) is 6.65. The van der Waals surface area contributed by atoms with Gasteiger partial charge in [-0.15, -0.1) is 0 Å². The summed E-state index contributed by atoms with van der Waals surface area (Å²) in [4.78, 5) is 12.4. The molecule has 0 spiro atoms. The van der Waals surface area contributed by atoms with Gasteiger partial charge in [0.15, 0.2) is 0 Å². The Labute approximate surface area is 160 Å². The molecule has 0 bridgehead atoms. The predicted octanol–water partition coefficient (Wildman–Crippen LogP) is 4.89. The summed E-state index contributed by atoms with van der Waals surface area (Å²) in [5, 5.41) is 0.679. The maximum absolute atomic E-state index is 12.4. The van der Waals surface area contributed by atoms with Crippen LogP contribution in [0.5, 0.6) is 5.75 Å². The minimum atomic E-state index is -0.427. The molecule has 0 atom stereocenters. The van der Waals surface area contributed by atoms with Crippen LogP contribution in [0.15, 0.2) is 51.4 Å². The summed E-state index contributed by atoms with van der Waals surface area (Å²) in [5.74, 6) is 0.753. The van der Waals surface area contributed by atoms with E-state index in [0.717, 1.165) is 10.0 Å². The van der Waals surface area contributed by atoms with E-state index in [-0.39, 0.29) is 6.61 Å². The number of halogens is 1. The van der Waals surface area contributed by atoms with Crippen LogP contribution < -0.4 is 4.74 Å². The number of esters is 1. The molecule has 0 aliphatic carbocycles. The van der Waals surface area contributed by atoms with Crippen LogP contribution in [-0.4, -0.2) is 26.3 Å². The molecular formula is C20H19BrO5. The summed E-state index contributed by atoms with van der Waals surface area (Å²) in [7, 11) is 1.56.